The SMILES string of the molecule is CC(C)(C(=O)Nc1ncc(C#CCO)s1)S(C)(=O)=O. The van der Waals surface area contributed by atoms with Crippen LogP contribution < -0.4 is 5.32 Å². The van der Waals surface area contributed by atoms with Crippen molar-refractivity contribution >= 4 is 32.2 Å². The smallest absolute Gasteiger partial charge is 0.247 e. The summed E-state index contributed by atoms with van der Waals surface area (Å²) in [7, 11) is -3.53. The number of hydrogen-bond donors (Lipinski definition) is 2. The van der Waals surface area contributed by atoms with E-state index in [9.17, 15) is 13.2 Å². The Kier molecular flexibility index (Phi) is 4.68. The fourth-order valence-electron chi connectivity index (χ4n) is 0.932. The highest BCUT2D eigenvalue weighted by molar-refractivity contribution is 7.92. The van der Waals surface area contributed by atoms with Crippen LogP contribution in [0.1, 0.15) is 18.7 Å². The van der Waals surface area contributed by atoms with E-state index in [0.717, 1.165) is 17.6 Å². The second kappa shape index (κ2) is 5.69. The van der Waals surface area contributed by atoms with E-state index >= 15 is 0 Å². The van der Waals surface area contributed by atoms with Gasteiger partial charge in [0.05, 0.1) is 11.1 Å². The van der Waals surface area contributed by atoms with E-state index in [-0.39, 0.29) is 11.7 Å². The first kappa shape index (κ1) is 15.6. The maximum atomic E-state index is 11.9. The standard InChI is InChI=1S/C11H14N2O4S2/c1-11(2,19(3,16)17)9(15)13-10-12-7-8(18-10)5-4-6-14/h7,14H,6H2,1-3H3,(H,12,13,15). The molecule has 0 aliphatic rings. The van der Waals surface area contributed by atoms with E-state index in [1.165, 1.54) is 20.0 Å². The highest BCUT2D eigenvalue weighted by Gasteiger charge is 2.38. The van der Waals surface area contributed by atoms with E-state index in [4.69, 9.17) is 5.11 Å². The lowest BCUT2D eigenvalue weighted by atomic mass is 10.2. The minimum atomic E-state index is -3.53. The molecule has 0 saturated heterocycles. The van der Waals surface area contributed by atoms with E-state index in [1.54, 1.807) is 0 Å². The molecule has 0 radical (unpaired) electrons. The third-order valence-corrected chi connectivity index (χ3v) is 5.36. The summed E-state index contributed by atoms with van der Waals surface area (Å²) in [5, 5.41) is 11.3. The number of amides is 1. The minimum Gasteiger partial charge on any atom is -0.384 e. The van der Waals surface area contributed by atoms with Crippen molar-refractivity contribution in [3.8, 4) is 11.8 Å². The summed E-state index contributed by atoms with van der Waals surface area (Å²) >= 11 is 1.11. The third-order valence-electron chi connectivity index (χ3n) is 2.49. The molecule has 0 aromatic carbocycles. The molecule has 0 aliphatic carbocycles. The number of hydrogen-bond acceptors (Lipinski definition) is 6. The molecule has 2 N–H and O–H groups in total. The molecule has 104 valence electrons. The van der Waals surface area contributed by atoms with Gasteiger partial charge in [0.25, 0.3) is 0 Å². The monoisotopic (exact) mass is 302 g/mol. The summed E-state index contributed by atoms with van der Waals surface area (Å²) in [5.41, 5.74) is 0. The number of aromatic nitrogens is 1. The number of aliphatic hydroxyl groups is 1. The molecular weight excluding hydrogens is 288 g/mol. The second-order valence-corrected chi connectivity index (χ2v) is 7.82. The highest BCUT2D eigenvalue weighted by Crippen LogP contribution is 2.21. The largest absolute Gasteiger partial charge is 0.384 e. The van der Waals surface area contributed by atoms with Gasteiger partial charge in [0.1, 0.15) is 11.4 Å². The first-order valence-electron chi connectivity index (χ1n) is 5.25. The molecule has 0 saturated carbocycles. The van der Waals surface area contributed by atoms with E-state index in [2.05, 4.69) is 22.1 Å². The Bertz CT molecular complexity index is 635. The van der Waals surface area contributed by atoms with Gasteiger partial charge in [0.2, 0.25) is 5.91 Å². The van der Waals surface area contributed by atoms with Gasteiger partial charge in [-0.25, -0.2) is 13.4 Å². The number of aliphatic hydroxyl groups excluding tert-OH is 1. The van der Waals surface area contributed by atoms with E-state index in [1.807, 2.05) is 0 Å². The fourth-order valence-corrected chi connectivity index (χ4v) is 2.01. The summed E-state index contributed by atoms with van der Waals surface area (Å²) in [4.78, 5) is 16.4. The van der Waals surface area contributed by atoms with Crippen molar-refractivity contribution in [3.63, 3.8) is 0 Å². The van der Waals surface area contributed by atoms with Gasteiger partial charge in [-0.2, -0.15) is 0 Å². The molecule has 0 atom stereocenters. The molecule has 1 aromatic rings. The topological polar surface area (TPSA) is 96.4 Å². The molecule has 0 fully saturated rings. The molecule has 0 unspecified atom stereocenters. The molecule has 0 aliphatic heterocycles. The summed E-state index contributed by atoms with van der Waals surface area (Å²) in [6, 6.07) is 0. The van der Waals surface area contributed by atoms with Gasteiger partial charge in [0, 0.05) is 6.26 Å². The Balaban J connectivity index is 2.86. The molecule has 0 spiro atoms. The summed E-state index contributed by atoms with van der Waals surface area (Å²) in [6.45, 7) is 2.40. The van der Waals surface area contributed by atoms with Gasteiger partial charge >= 0.3 is 0 Å². The predicted octanol–water partition coefficient (Wildman–Crippen LogP) is 0.249. The maximum Gasteiger partial charge on any atom is 0.247 e. The molecule has 1 amide bonds. The molecule has 1 aromatic heterocycles. The Morgan fingerprint density at radius 2 is 2.21 bits per heavy atom. The van der Waals surface area contributed by atoms with Gasteiger partial charge in [-0.05, 0) is 13.8 Å². The van der Waals surface area contributed by atoms with Crippen molar-refractivity contribution < 1.29 is 18.3 Å². The number of sulfone groups is 1. The average molecular weight is 302 g/mol. The zero-order valence-electron chi connectivity index (χ0n) is 10.7. The van der Waals surface area contributed by atoms with Crippen LogP contribution in [0.5, 0.6) is 0 Å². The van der Waals surface area contributed by atoms with Crippen molar-refractivity contribution in [2.75, 3.05) is 18.2 Å². The van der Waals surface area contributed by atoms with Gasteiger partial charge in [-0.3, -0.25) is 4.79 Å². The number of nitrogens with one attached hydrogen (secondary N) is 1. The first-order valence-corrected chi connectivity index (χ1v) is 7.96. The first-order chi connectivity index (χ1) is 8.68. The normalized spacial score (nSPS) is 11.6. The molecule has 19 heavy (non-hydrogen) atoms. The van der Waals surface area contributed by atoms with Crippen LogP contribution in [0.2, 0.25) is 0 Å². The number of anilines is 1. The molecule has 1 heterocycles. The molecular formula is C11H14N2O4S2. The lowest BCUT2D eigenvalue weighted by molar-refractivity contribution is -0.117. The predicted molar refractivity (Wildman–Crippen MR) is 73.6 cm³/mol. The Labute approximate surface area is 115 Å². The Morgan fingerprint density at radius 1 is 1.58 bits per heavy atom. The lowest BCUT2D eigenvalue weighted by Gasteiger charge is -2.20. The Hall–Kier alpha value is -1.43. The van der Waals surface area contributed by atoms with Gasteiger partial charge in [-0.1, -0.05) is 23.2 Å². The van der Waals surface area contributed by atoms with Crippen LogP contribution in [0.25, 0.3) is 0 Å². The number of carbonyl (C=O) groups excluding carboxylic acids is 1. The van der Waals surface area contributed by atoms with Crippen molar-refractivity contribution in [2.24, 2.45) is 0 Å². The zero-order chi connectivity index (χ0) is 14.7. The Morgan fingerprint density at radius 3 is 2.74 bits per heavy atom. The maximum absolute atomic E-state index is 11.9. The second-order valence-electron chi connectivity index (χ2n) is 4.23. The third kappa shape index (κ3) is 3.76. The molecule has 1 rings (SSSR count). The van der Waals surface area contributed by atoms with Crippen LogP contribution >= 0.6 is 11.3 Å². The fraction of sp³-hybridized carbons (Fsp3) is 0.455. The number of rotatable bonds is 3. The van der Waals surface area contributed by atoms with Crippen LogP contribution in [0.15, 0.2) is 6.20 Å². The van der Waals surface area contributed by atoms with E-state index in [0.29, 0.717) is 4.88 Å². The van der Waals surface area contributed by atoms with Crippen molar-refractivity contribution in [2.45, 2.75) is 18.6 Å². The summed E-state index contributed by atoms with van der Waals surface area (Å²) < 4.78 is 21.5. The minimum absolute atomic E-state index is 0.263. The van der Waals surface area contributed by atoms with Crippen LogP contribution in [0.4, 0.5) is 5.13 Å². The van der Waals surface area contributed by atoms with Gasteiger partial charge in [-0.15, -0.1) is 0 Å². The molecule has 6 nitrogen and oxygen atoms in total. The van der Waals surface area contributed by atoms with Crippen molar-refractivity contribution in [1.82, 2.24) is 4.98 Å². The van der Waals surface area contributed by atoms with E-state index < -0.39 is 20.5 Å². The molecule has 8 heteroatoms. The van der Waals surface area contributed by atoms with Crippen molar-refractivity contribution in [3.05, 3.63) is 11.1 Å². The van der Waals surface area contributed by atoms with Crippen LogP contribution in [-0.2, 0) is 14.6 Å². The van der Waals surface area contributed by atoms with Gasteiger partial charge in [0.15, 0.2) is 15.0 Å². The summed E-state index contributed by atoms with van der Waals surface area (Å²) in [6.07, 6.45) is 2.45. The van der Waals surface area contributed by atoms with Crippen molar-refractivity contribution in [1.29, 1.82) is 0 Å². The molecule has 0 bridgehead atoms. The van der Waals surface area contributed by atoms with Crippen LogP contribution in [-0.4, -0.2) is 42.0 Å². The van der Waals surface area contributed by atoms with Gasteiger partial charge < -0.3 is 10.4 Å². The average Bonchev–Trinajstić information content (AvgIpc) is 2.72. The highest BCUT2D eigenvalue weighted by atomic mass is 32.2. The lowest BCUT2D eigenvalue weighted by Crippen LogP contribution is -2.43. The van der Waals surface area contributed by atoms with Crippen LogP contribution in [0, 0.1) is 11.8 Å². The zero-order valence-corrected chi connectivity index (χ0v) is 12.4. The summed E-state index contributed by atoms with van der Waals surface area (Å²) in [5.74, 6) is 4.45. The quantitative estimate of drug-likeness (QED) is 0.780. The number of carbonyl (C=O) groups is 1. The van der Waals surface area contributed by atoms with Crippen LogP contribution in [0.3, 0.4) is 0 Å². The number of thiazole rings is 1. The number of nitrogens with zero attached hydrogens (tertiary/aromatic N) is 1.